The van der Waals surface area contributed by atoms with Crippen LogP contribution in [0.15, 0.2) is 63.6 Å². The minimum Gasteiger partial charge on any atom is -0.441 e. The number of nitrogens with one attached hydrogen (secondary N) is 1. The number of aryl methyl sites for hydroxylation is 1. The van der Waals surface area contributed by atoms with Crippen molar-refractivity contribution in [3.63, 3.8) is 0 Å². The van der Waals surface area contributed by atoms with Gasteiger partial charge in [-0.15, -0.1) is 0 Å². The summed E-state index contributed by atoms with van der Waals surface area (Å²) >= 11 is 3.42. The van der Waals surface area contributed by atoms with Crippen molar-refractivity contribution in [3.8, 4) is 11.3 Å². The number of hydrogen-bond donors (Lipinski definition) is 1. The second-order valence-corrected chi connectivity index (χ2v) is 7.12. The van der Waals surface area contributed by atoms with Crippen molar-refractivity contribution in [1.29, 1.82) is 0 Å². The molecule has 1 unspecified atom stereocenters. The molecule has 3 aromatic rings. The van der Waals surface area contributed by atoms with Gasteiger partial charge in [-0.1, -0.05) is 35.0 Å². The van der Waals surface area contributed by atoms with Gasteiger partial charge in [-0.05, 0) is 48.4 Å². The van der Waals surface area contributed by atoms with E-state index in [2.05, 4.69) is 26.2 Å². The molecule has 0 saturated carbocycles. The third kappa shape index (κ3) is 5.26. The van der Waals surface area contributed by atoms with Crippen molar-refractivity contribution in [2.24, 2.45) is 0 Å². The van der Waals surface area contributed by atoms with Crippen LogP contribution >= 0.6 is 15.9 Å². The second-order valence-electron chi connectivity index (χ2n) is 6.21. The molecule has 140 valence electrons. The van der Waals surface area contributed by atoms with Gasteiger partial charge in [0.05, 0.1) is 12.2 Å². The molecule has 0 aliphatic heterocycles. The van der Waals surface area contributed by atoms with Crippen LogP contribution in [0.25, 0.3) is 11.3 Å². The van der Waals surface area contributed by atoms with Crippen molar-refractivity contribution in [1.82, 2.24) is 10.3 Å². The lowest BCUT2D eigenvalue weighted by Gasteiger charge is -2.17. The highest BCUT2D eigenvalue weighted by atomic mass is 79.9. The van der Waals surface area contributed by atoms with Crippen LogP contribution in [0.1, 0.15) is 37.3 Å². The molecule has 1 aromatic heterocycles. The van der Waals surface area contributed by atoms with Gasteiger partial charge in [-0.25, -0.2) is 9.37 Å². The van der Waals surface area contributed by atoms with E-state index < -0.39 is 0 Å². The zero-order chi connectivity index (χ0) is 19.2. The molecule has 0 aliphatic carbocycles. The number of hydrogen-bond acceptors (Lipinski definition) is 3. The first-order valence-electron chi connectivity index (χ1n) is 8.80. The Bertz CT molecular complexity index is 891. The number of halogens is 2. The molecule has 27 heavy (non-hydrogen) atoms. The maximum absolute atomic E-state index is 13.0. The van der Waals surface area contributed by atoms with E-state index >= 15 is 0 Å². The molecule has 4 nitrogen and oxygen atoms in total. The van der Waals surface area contributed by atoms with Gasteiger partial charge in [-0.3, -0.25) is 4.79 Å². The molecule has 0 saturated heterocycles. The van der Waals surface area contributed by atoms with Crippen LogP contribution in [-0.2, 0) is 11.2 Å². The monoisotopic (exact) mass is 430 g/mol. The zero-order valence-electron chi connectivity index (χ0n) is 14.9. The summed E-state index contributed by atoms with van der Waals surface area (Å²) < 4.78 is 19.7. The van der Waals surface area contributed by atoms with Crippen molar-refractivity contribution in [3.05, 3.63) is 76.5 Å². The third-order valence-electron chi connectivity index (χ3n) is 4.26. The highest BCUT2D eigenvalue weighted by Gasteiger charge is 2.14. The molecule has 1 amide bonds. The first-order valence-corrected chi connectivity index (χ1v) is 9.60. The zero-order valence-corrected chi connectivity index (χ0v) is 16.5. The maximum atomic E-state index is 13.0. The molecular formula is C21H20BrFN2O2. The van der Waals surface area contributed by atoms with Crippen molar-refractivity contribution in [2.45, 2.75) is 32.2 Å². The van der Waals surface area contributed by atoms with Crippen LogP contribution in [0.5, 0.6) is 0 Å². The second kappa shape index (κ2) is 8.95. The summed E-state index contributed by atoms with van der Waals surface area (Å²) in [5.74, 6) is 0.700. The Morgan fingerprint density at radius 2 is 1.89 bits per heavy atom. The predicted molar refractivity (Wildman–Crippen MR) is 106 cm³/mol. The highest BCUT2D eigenvalue weighted by Crippen LogP contribution is 2.22. The first-order chi connectivity index (χ1) is 13.0. The van der Waals surface area contributed by atoms with E-state index in [0.29, 0.717) is 18.1 Å². The fourth-order valence-corrected chi connectivity index (χ4v) is 3.04. The van der Waals surface area contributed by atoms with Crippen molar-refractivity contribution >= 4 is 21.8 Å². The SMILES string of the molecule is CCC(NC(=O)CCc1ncc(-c2ccc(F)cc2)o1)c1ccc(Br)cc1. The molecule has 1 N–H and O–H groups in total. The lowest BCUT2D eigenvalue weighted by atomic mass is 10.0. The average molecular weight is 431 g/mol. The Morgan fingerprint density at radius 1 is 1.19 bits per heavy atom. The quantitative estimate of drug-likeness (QED) is 0.542. The molecule has 0 aliphatic rings. The largest absolute Gasteiger partial charge is 0.441 e. The minimum absolute atomic E-state index is 0.0232. The van der Waals surface area contributed by atoms with Crippen LogP contribution < -0.4 is 5.32 Å². The fraction of sp³-hybridized carbons (Fsp3) is 0.238. The van der Waals surface area contributed by atoms with Crippen LogP contribution in [0.3, 0.4) is 0 Å². The van der Waals surface area contributed by atoms with E-state index in [1.807, 2.05) is 31.2 Å². The predicted octanol–water partition coefficient (Wildman–Crippen LogP) is 5.44. The van der Waals surface area contributed by atoms with Gasteiger partial charge in [0.25, 0.3) is 0 Å². The number of amides is 1. The normalized spacial score (nSPS) is 12.0. The van der Waals surface area contributed by atoms with Crippen LogP contribution in [0.2, 0.25) is 0 Å². The van der Waals surface area contributed by atoms with E-state index in [-0.39, 0.29) is 24.2 Å². The smallest absolute Gasteiger partial charge is 0.220 e. The van der Waals surface area contributed by atoms with Gasteiger partial charge in [-0.2, -0.15) is 0 Å². The summed E-state index contributed by atoms with van der Waals surface area (Å²) in [5.41, 5.74) is 1.82. The standard InChI is InChI=1S/C21H20BrFN2O2/c1-2-18(14-3-7-16(22)8-4-14)25-20(26)11-12-21-24-13-19(27-21)15-5-9-17(23)10-6-15/h3-10,13,18H,2,11-12H2,1H3,(H,25,26). The number of aromatic nitrogens is 1. The number of carbonyl (C=O) groups is 1. The van der Waals surface area contributed by atoms with Gasteiger partial charge < -0.3 is 9.73 Å². The highest BCUT2D eigenvalue weighted by molar-refractivity contribution is 9.10. The minimum atomic E-state index is -0.300. The molecular weight excluding hydrogens is 411 g/mol. The van der Waals surface area contributed by atoms with E-state index in [9.17, 15) is 9.18 Å². The lowest BCUT2D eigenvalue weighted by Crippen LogP contribution is -2.28. The Kier molecular flexibility index (Phi) is 6.40. The molecule has 0 spiro atoms. The molecule has 0 fully saturated rings. The van der Waals surface area contributed by atoms with Gasteiger partial charge >= 0.3 is 0 Å². The first kappa shape index (κ1) is 19.3. The molecule has 1 heterocycles. The van der Waals surface area contributed by atoms with Crippen LogP contribution in [0.4, 0.5) is 4.39 Å². The number of rotatable bonds is 7. The van der Waals surface area contributed by atoms with Gasteiger partial charge in [0.15, 0.2) is 11.7 Å². The molecule has 2 aromatic carbocycles. The molecule has 3 rings (SSSR count). The molecule has 0 radical (unpaired) electrons. The summed E-state index contributed by atoms with van der Waals surface area (Å²) in [6.45, 7) is 2.04. The number of oxazole rings is 1. The third-order valence-corrected chi connectivity index (χ3v) is 4.79. The Hall–Kier alpha value is -2.47. The topological polar surface area (TPSA) is 55.1 Å². The summed E-state index contributed by atoms with van der Waals surface area (Å²) in [5, 5.41) is 3.05. The van der Waals surface area contributed by atoms with Crippen molar-refractivity contribution < 1.29 is 13.6 Å². The summed E-state index contributed by atoms with van der Waals surface area (Å²) in [6, 6.07) is 13.9. The summed E-state index contributed by atoms with van der Waals surface area (Å²) in [7, 11) is 0. The Morgan fingerprint density at radius 3 is 2.56 bits per heavy atom. The van der Waals surface area contributed by atoms with E-state index in [1.165, 1.54) is 12.1 Å². The van der Waals surface area contributed by atoms with Gasteiger partial charge in [0.1, 0.15) is 5.82 Å². The number of carbonyl (C=O) groups excluding carboxylic acids is 1. The van der Waals surface area contributed by atoms with Crippen molar-refractivity contribution in [2.75, 3.05) is 0 Å². The van der Waals surface area contributed by atoms with Gasteiger partial charge in [0, 0.05) is 22.9 Å². The fourth-order valence-electron chi connectivity index (χ4n) is 2.78. The van der Waals surface area contributed by atoms with Gasteiger partial charge in [0.2, 0.25) is 5.91 Å². The van der Waals surface area contributed by atoms with E-state index in [4.69, 9.17) is 4.42 Å². The van der Waals surface area contributed by atoms with E-state index in [1.54, 1.807) is 18.3 Å². The summed E-state index contributed by atoms with van der Waals surface area (Å²) in [4.78, 5) is 16.5. The maximum Gasteiger partial charge on any atom is 0.220 e. The van der Waals surface area contributed by atoms with Crippen LogP contribution in [-0.4, -0.2) is 10.9 Å². The molecule has 6 heteroatoms. The average Bonchev–Trinajstić information content (AvgIpc) is 3.15. The number of nitrogens with zero attached hydrogens (tertiary/aromatic N) is 1. The Labute approximate surface area is 165 Å². The Balaban J connectivity index is 1.55. The van der Waals surface area contributed by atoms with E-state index in [0.717, 1.165) is 22.0 Å². The lowest BCUT2D eigenvalue weighted by molar-refractivity contribution is -0.121. The molecule has 1 atom stereocenters. The number of benzene rings is 2. The molecule has 0 bridgehead atoms. The van der Waals surface area contributed by atoms with Crippen LogP contribution in [0, 0.1) is 5.82 Å². The summed E-state index contributed by atoms with van der Waals surface area (Å²) in [6.07, 6.45) is 3.10.